The van der Waals surface area contributed by atoms with E-state index in [4.69, 9.17) is 9.47 Å². The number of carbonyl (C=O) groups is 2. The van der Waals surface area contributed by atoms with E-state index in [1.807, 2.05) is 0 Å². The van der Waals surface area contributed by atoms with Crippen molar-refractivity contribution in [1.82, 2.24) is 0 Å². The average Bonchev–Trinajstić information content (AvgIpc) is 2.83. The molecule has 194 valence electrons. The van der Waals surface area contributed by atoms with Gasteiger partial charge >= 0.3 is 6.16 Å². The van der Waals surface area contributed by atoms with Crippen molar-refractivity contribution < 1.29 is 42.5 Å². The maximum absolute atomic E-state index is 12.1. The number of aliphatic carboxylic acids is 1. The third-order valence-corrected chi connectivity index (χ3v) is 6.12. The van der Waals surface area contributed by atoms with Gasteiger partial charge in [0.2, 0.25) is 0 Å². The second-order valence-corrected chi connectivity index (χ2v) is 9.68. The third kappa shape index (κ3) is 9.37. The van der Waals surface area contributed by atoms with Crippen molar-refractivity contribution in [2.45, 2.75) is 30.6 Å². The van der Waals surface area contributed by atoms with Crippen LogP contribution >= 0.6 is 0 Å². The van der Waals surface area contributed by atoms with Crippen molar-refractivity contribution >= 4 is 33.1 Å². The van der Waals surface area contributed by atoms with E-state index < -0.39 is 33.7 Å². The first-order valence-electron chi connectivity index (χ1n) is 11.0. The maximum atomic E-state index is 12.1. The molecule has 0 amide bonds. The molecule has 2 aromatic carbocycles. The van der Waals surface area contributed by atoms with E-state index in [9.17, 15) is 33.2 Å². The minimum Gasteiger partial charge on any atom is -0.545 e. The molecule has 36 heavy (non-hydrogen) atoms. The molecular weight excluding hydrogens is 494 g/mol. The molecule has 0 aliphatic rings. The van der Waals surface area contributed by atoms with Crippen LogP contribution in [0.3, 0.4) is 0 Å². The molecule has 0 radical (unpaired) electrons. The second-order valence-electron chi connectivity index (χ2n) is 7.66. The number of nitrogens with zero attached hydrogens (tertiary/aromatic N) is 1. The summed E-state index contributed by atoms with van der Waals surface area (Å²) < 4.78 is 33.7. The van der Waals surface area contributed by atoms with Gasteiger partial charge in [-0.3, -0.25) is 0 Å². The fraction of sp³-hybridized carbons (Fsp3) is 0.333. The first-order chi connectivity index (χ1) is 17.1. The molecule has 0 spiro atoms. The smallest absolute Gasteiger partial charge is 0.508 e. The van der Waals surface area contributed by atoms with E-state index in [1.165, 1.54) is 24.3 Å². The Bertz CT molecular complexity index is 1180. The Kier molecular flexibility index (Phi) is 10.9. The van der Waals surface area contributed by atoms with Gasteiger partial charge in [-0.15, -0.1) is 10.1 Å². The Labute approximate surface area is 208 Å². The van der Waals surface area contributed by atoms with Gasteiger partial charge in [0.1, 0.15) is 6.61 Å². The molecular formula is C24H26NO10S-. The van der Waals surface area contributed by atoms with Gasteiger partial charge in [0.05, 0.1) is 24.1 Å². The lowest BCUT2D eigenvalue weighted by atomic mass is 9.95. The zero-order valence-electron chi connectivity index (χ0n) is 19.6. The highest BCUT2D eigenvalue weighted by atomic mass is 32.2. The fourth-order valence-corrected chi connectivity index (χ4v) is 3.88. The molecule has 0 heterocycles. The number of sulfone groups is 1. The summed E-state index contributed by atoms with van der Waals surface area (Å²) in [6, 6.07) is 13.6. The predicted molar refractivity (Wildman–Crippen MR) is 127 cm³/mol. The fourth-order valence-electron chi connectivity index (χ4n) is 3.25. The van der Waals surface area contributed by atoms with Crippen molar-refractivity contribution in [1.29, 1.82) is 0 Å². The molecule has 0 N–H and O–H groups in total. The minimum atomic E-state index is -3.47. The van der Waals surface area contributed by atoms with Gasteiger partial charge in [0.15, 0.2) is 9.84 Å². The van der Waals surface area contributed by atoms with E-state index in [0.717, 1.165) is 6.26 Å². The first-order valence-corrected chi connectivity index (χ1v) is 12.9. The molecule has 0 fully saturated rings. The number of hydrogen-bond acceptors (Lipinski definition) is 10. The van der Waals surface area contributed by atoms with Crippen LogP contribution in [0.1, 0.15) is 36.8 Å². The highest BCUT2D eigenvalue weighted by Gasteiger charge is 2.17. The molecule has 0 aromatic heterocycles. The molecule has 0 atom stereocenters. The van der Waals surface area contributed by atoms with Crippen LogP contribution in [0, 0.1) is 10.1 Å². The van der Waals surface area contributed by atoms with E-state index in [-0.39, 0.29) is 29.3 Å². The monoisotopic (exact) mass is 520 g/mol. The van der Waals surface area contributed by atoms with Crippen molar-refractivity contribution in [3.05, 3.63) is 75.8 Å². The zero-order chi connectivity index (χ0) is 26.6. The molecule has 2 aromatic rings. The summed E-state index contributed by atoms with van der Waals surface area (Å²) in [4.78, 5) is 38.5. The summed E-state index contributed by atoms with van der Waals surface area (Å²) in [6.07, 6.45) is 2.32. The van der Waals surface area contributed by atoms with Gasteiger partial charge in [0, 0.05) is 17.4 Å². The Morgan fingerprint density at radius 1 is 0.861 bits per heavy atom. The molecule has 0 aliphatic carbocycles. The Hall–Kier alpha value is -3.93. The van der Waals surface area contributed by atoms with Crippen molar-refractivity contribution in [2.24, 2.45) is 0 Å². The summed E-state index contributed by atoms with van der Waals surface area (Å²) in [6.45, 7) is -0.422. The minimum absolute atomic E-state index is 0.00163. The van der Waals surface area contributed by atoms with Crippen LogP contribution < -0.4 is 5.11 Å². The van der Waals surface area contributed by atoms with Gasteiger partial charge in [-0.25, -0.2) is 13.2 Å². The van der Waals surface area contributed by atoms with Gasteiger partial charge < -0.3 is 24.2 Å². The van der Waals surface area contributed by atoms with Crippen LogP contribution in [0.4, 0.5) is 4.79 Å². The topological polar surface area (TPSA) is 162 Å². The number of carboxylic acids is 1. The van der Waals surface area contributed by atoms with E-state index in [2.05, 4.69) is 4.84 Å². The van der Waals surface area contributed by atoms with Gasteiger partial charge in [-0.1, -0.05) is 48.9 Å². The Morgan fingerprint density at radius 3 is 2.03 bits per heavy atom. The van der Waals surface area contributed by atoms with Gasteiger partial charge in [-0.05, 0) is 42.5 Å². The van der Waals surface area contributed by atoms with E-state index in [1.54, 1.807) is 30.3 Å². The molecule has 0 aliphatic heterocycles. The van der Waals surface area contributed by atoms with Crippen LogP contribution in [0.25, 0.3) is 11.1 Å². The van der Waals surface area contributed by atoms with E-state index >= 15 is 0 Å². The molecule has 11 nitrogen and oxygen atoms in total. The van der Waals surface area contributed by atoms with Gasteiger partial charge in [-0.2, -0.15) is 0 Å². The van der Waals surface area contributed by atoms with Gasteiger partial charge in [0.25, 0.3) is 5.09 Å². The number of carbonyl (C=O) groups excluding carboxylic acids is 2. The van der Waals surface area contributed by atoms with Crippen LogP contribution in [-0.2, 0) is 28.9 Å². The standard InChI is InChI=1S/C24H27NO10S/c1-36(31,32)20-13-11-18(12-14-20)21(22(23(26)27)19-9-5-4-6-10-19)17-34-24(28)33-15-7-2-3-8-16-35-25(29)30/h4-6,9-14H,2-3,7-8,15-17H2,1H3,(H,26,27)/p-1/b22-21+. The second kappa shape index (κ2) is 13.8. The molecule has 0 saturated heterocycles. The molecule has 0 bridgehead atoms. The number of ether oxygens (including phenoxy) is 2. The van der Waals surface area contributed by atoms with Crippen LogP contribution in [0.5, 0.6) is 0 Å². The number of unbranched alkanes of at least 4 members (excludes halogenated alkanes) is 3. The van der Waals surface area contributed by atoms with Crippen molar-refractivity contribution in [3.8, 4) is 0 Å². The molecule has 0 saturated carbocycles. The number of benzene rings is 2. The van der Waals surface area contributed by atoms with Crippen molar-refractivity contribution in [3.63, 3.8) is 0 Å². The highest BCUT2D eigenvalue weighted by molar-refractivity contribution is 7.90. The van der Waals surface area contributed by atoms with Crippen LogP contribution in [0.15, 0.2) is 59.5 Å². The van der Waals surface area contributed by atoms with Crippen LogP contribution in [-0.4, -0.2) is 51.7 Å². The molecule has 2 rings (SSSR count). The van der Waals surface area contributed by atoms with Crippen LogP contribution in [0.2, 0.25) is 0 Å². The largest absolute Gasteiger partial charge is 0.545 e. The first kappa shape index (κ1) is 28.3. The summed E-state index contributed by atoms with van der Waals surface area (Å²) >= 11 is 0. The Morgan fingerprint density at radius 2 is 1.47 bits per heavy atom. The summed E-state index contributed by atoms with van der Waals surface area (Å²) in [5.41, 5.74) is 0.532. The predicted octanol–water partition coefficient (Wildman–Crippen LogP) is 2.67. The SMILES string of the molecule is CS(=O)(=O)c1ccc(/C(COC(=O)OCCCCCCO[N+](=O)[O-])=C(/C(=O)[O-])c2ccccc2)cc1. The third-order valence-electron chi connectivity index (χ3n) is 4.99. The quantitative estimate of drug-likeness (QED) is 0.0903. The lowest BCUT2D eigenvalue weighted by Gasteiger charge is -2.18. The molecule has 0 unspecified atom stereocenters. The summed E-state index contributed by atoms with van der Waals surface area (Å²) in [5, 5.41) is 21.3. The number of hydrogen-bond donors (Lipinski definition) is 0. The average molecular weight is 521 g/mol. The number of rotatable bonds is 14. The van der Waals surface area contributed by atoms with E-state index in [0.29, 0.717) is 36.8 Å². The molecule has 12 heteroatoms. The normalized spacial score (nSPS) is 11.8. The summed E-state index contributed by atoms with van der Waals surface area (Å²) in [5.74, 6) is -1.50. The number of carboxylic acid groups (broad SMARTS) is 1. The zero-order valence-corrected chi connectivity index (χ0v) is 20.4. The maximum Gasteiger partial charge on any atom is 0.508 e. The Balaban J connectivity index is 2.10. The summed E-state index contributed by atoms with van der Waals surface area (Å²) in [7, 11) is -3.47. The van der Waals surface area contributed by atoms with Crippen molar-refractivity contribution in [2.75, 3.05) is 26.1 Å². The lowest BCUT2D eigenvalue weighted by Crippen LogP contribution is -2.25. The highest BCUT2D eigenvalue weighted by Crippen LogP contribution is 2.28. The lowest BCUT2D eigenvalue weighted by molar-refractivity contribution is -0.757.